The number of fused-ring (bicyclic) bond motifs is 1. The molecule has 1 aliphatic carbocycles. The summed E-state index contributed by atoms with van der Waals surface area (Å²) in [6, 6.07) is 2.29. The van der Waals surface area contributed by atoms with Crippen molar-refractivity contribution in [1.82, 2.24) is 4.90 Å². The molecule has 20 heavy (non-hydrogen) atoms. The molecule has 0 spiro atoms. The van der Waals surface area contributed by atoms with Gasteiger partial charge in [-0.2, -0.15) is 5.26 Å². The summed E-state index contributed by atoms with van der Waals surface area (Å²) < 4.78 is 4.92. The predicted molar refractivity (Wildman–Crippen MR) is 75.5 cm³/mol. The lowest BCUT2D eigenvalue weighted by molar-refractivity contribution is -0.0301. The lowest BCUT2D eigenvalue weighted by Gasteiger charge is -2.54. The Labute approximate surface area is 121 Å². The minimum Gasteiger partial charge on any atom is -0.453 e. The van der Waals surface area contributed by atoms with E-state index in [2.05, 4.69) is 18.9 Å². The third-order valence-corrected chi connectivity index (χ3v) is 4.92. The number of piperidine rings is 1. The van der Waals surface area contributed by atoms with Crippen molar-refractivity contribution in [2.75, 3.05) is 13.7 Å². The van der Waals surface area contributed by atoms with E-state index in [1.54, 1.807) is 4.90 Å². The zero-order valence-electron chi connectivity index (χ0n) is 12.3. The van der Waals surface area contributed by atoms with Crippen LogP contribution in [0.15, 0.2) is 0 Å². The molecule has 0 bridgehead atoms. The summed E-state index contributed by atoms with van der Waals surface area (Å²) in [7, 11) is 1.40. The maximum atomic E-state index is 12.1. The molecule has 4 heteroatoms. The first kappa shape index (κ1) is 14.7. The largest absolute Gasteiger partial charge is 0.453 e. The third-order valence-electron chi connectivity index (χ3n) is 4.92. The Hall–Kier alpha value is -1.68. The topological polar surface area (TPSA) is 53.3 Å². The number of amides is 1. The number of likely N-dealkylation sites (tertiary alicyclic amines) is 1. The number of carbonyl (C=O) groups excluding carboxylic acids is 1. The number of terminal acetylenes is 1. The molecule has 4 atom stereocenters. The molecule has 0 aromatic rings. The minimum absolute atomic E-state index is 0.219. The summed E-state index contributed by atoms with van der Waals surface area (Å²) in [6.45, 7) is 2.81. The van der Waals surface area contributed by atoms with E-state index in [-0.39, 0.29) is 17.9 Å². The summed E-state index contributed by atoms with van der Waals surface area (Å²) in [5.74, 6) is 3.84. The normalized spacial score (nSPS) is 36.4. The molecule has 0 N–H and O–H groups in total. The smallest absolute Gasteiger partial charge is 0.410 e. The van der Waals surface area contributed by atoms with Gasteiger partial charge >= 0.3 is 6.09 Å². The van der Waals surface area contributed by atoms with Crippen molar-refractivity contribution >= 4 is 6.09 Å². The van der Waals surface area contributed by atoms with Crippen molar-refractivity contribution in [2.24, 2.45) is 17.8 Å². The molecule has 1 saturated heterocycles. The van der Waals surface area contributed by atoms with Gasteiger partial charge in [-0.25, -0.2) is 4.79 Å². The fourth-order valence-electron chi connectivity index (χ4n) is 4.24. The van der Waals surface area contributed by atoms with Gasteiger partial charge in [0.15, 0.2) is 0 Å². The first-order valence-corrected chi connectivity index (χ1v) is 7.29. The Morgan fingerprint density at radius 3 is 2.95 bits per heavy atom. The number of nitriles is 1. The number of methoxy groups -OCH3 is 1. The minimum atomic E-state index is -0.565. The molecule has 108 valence electrons. The Balaban J connectivity index is 2.39. The summed E-state index contributed by atoms with van der Waals surface area (Å²) in [5, 5.41) is 9.07. The number of hydrogen-bond donors (Lipinski definition) is 0. The van der Waals surface area contributed by atoms with Crippen LogP contribution in [0.25, 0.3) is 0 Å². The van der Waals surface area contributed by atoms with Gasteiger partial charge in [0.2, 0.25) is 0 Å². The van der Waals surface area contributed by atoms with Gasteiger partial charge in [-0.3, -0.25) is 4.90 Å². The zero-order valence-corrected chi connectivity index (χ0v) is 12.3. The summed E-state index contributed by atoms with van der Waals surface area (Å²) >= 11 is 0. The average Bonchev–Trinajstić information content (AvgIpc) is 2.45. The quantitative estimate of drug-likeness (QED) is 0.691. The van der Waals surface area contributed by atoms with E-state index in [0.29, 0.717) is 18.9 Å². The van der Waals surface area contributed by atoms with Crippen LogP contribution in [0.5, 0.6) is 0 Å². The van der Waals surface area contributed by atoms with E-state index in [4.69, 9.17) is 16.4 Å². The highest BCUT2D eigenvalue weighted by atomic mass is 16.5. The Morgan fingerprint density at radius 2 is 2.35 bits per heavy atom. The second-order valence-corrected chi connectivity index (χ2v) is 6.11. The van der Waals surface area contributed by atoms with Crippen LogP contribution in [-0.2, 0) is 4.74 Å². The standard InChI is InChI=1S/C16H22N2O2/c1-4-16-11-12(2)10-13(7-8-17)14(16)6-5-9-18(16)15(19)20-3/h1,12-14H,5-7,9-11H2,2-3H3/t12-,13-,14-,16-/m1/s1. The second kappa shape index (κ2) is 5.75. The van der Waals surface area contributed by atoms with Crippen LogP contribution >= 0.6 is 0 Å². The Morgan fingerprint density at radius 1 is 1.60 bits per heavy atom. The molecule has 1 saturated carbocycles. The molecule has 1 aliphatic heterocycles. The van der Waals surface area contributed by atoms with Crippen molar-refractivity contribution in [3.8, 4) is 18.4 Å². The predicted octanol–water partition coefficient (Wildman–Crippen LogP) is 2.80. The number of hydrogen-bond acceptors (Lipinski definition) is 3. The van der Waals surface area contributed by atoms with Crippen molar-refractivity contribution in [3.63, 3.8) is 0 Å². The molecule has 2 aliphatic rings. The lowest BCUT2D eigenvalue weighted by Crippen LogP contribution is -2.62. The molecule has 2 rings (SSSR count). The van der Waals surface area contributed by atoms with E-state index in [0.717, 1.165) is 25.7 Å². The first-order valence-electron chi connectivity index (χ1n) is 7.29. The Kier molecular flexibility index (Phi) is 4.23. The number of ether oxygens (including phenoxy) is 1. The van der Waals surface area contributed by atoms with Crippen LogP contribution in [0.4, 0.5) is 4.79 Å². The van der Waals surface area contributed by atoms with Crippen molar-refractivity contribution in [2.45, 2.75) is 44.6 Å². The first-order chi connectivity index (χ1) is 9.58. The number of rotatable bonds is 1. The summed E-state index contributed by atoms with van der Waals surface area (Å²) in [5.41, 5.74) is -0.565. The summed E-state index contributed by atoms with van der Waals surface area (Å²) in [4.78, 5) is 13.8. The number of nitrogens with zero attached hydrogens (tertiary/aromatic N) is 2. The van der Waals surface area contributed by atoms with E-state index in [1.807, 2.05) is 0 Å². The SMILES string of the molecule is C#C[C@@]12C[C@H](C)C[C@@H](CC#N)[C@H]1CCCN2C(=O)OC. The van der Waals surface area contributed by atoms with Gasteiger partial charge in [-0.05, 0) is 43.4 Å². The number of carbonyl (C=O) groups is 1. The van der Waals surface area contributed by atoms with Crippen LogP contribution in [0.2, 0.25) is 0 Å². The van der Waals surface area contributed by atoms with Crippen molar-refractivity contribution in [3.05, 3.63) is 0 Å². The third kappa shape index (κ3) is 2.24. The fourth-order valence-corrected chi connectivity index (χ4v) is 4.24. The van der Waals surface area contributed by atoms with E-state index in [9.17, 15) is 4.79 Å². The summed E-state index contributed by atoms with van der Waals surface area (Å²) in [6.07, 6.45) is 9.82. The molecule has 1 heterocycles. The van der Waals surface area contributed by atoms with Crippen LogP contribution in [0, 0.1) is 41.4 Å². The van der Waals surface area contributed by atoms with Crippen LogP contribution in [-0.4, -0.2) is 30.2 Å². The molecule has 0 unspecified atom stereocenters. The highest BCUT2D eigenvalue weighted by molar-refractivity contribution is 5.70. The molecular weight excluding hydrogens is 252 g/mol. The molecule has 2 fully saturated rings. The second-order valence-electron chi connectivity index (χ2n) is 6.11. The van der Waals surface area contributed by atoms with Gasteiger partial charge in [-0.1, -0.05) is 12.8 Å². The monoisotopic (exact) mass is 274 g/mol. The molecule has 0 aromatic heterocycles. The van der Waals surface area contributed by atoms with Crippen LogP contribution < -0.4 is 0 Å². The van der Waals surface area contributed by atoms with Crippen LogP contribution in [0.3, 0.4) is 0 Å². The average molecular weight is 274 g/mol. The Bertz CT molecular complexity index is 462. The van der Waals surface area contributed by atoms with Crippen LogP contribution in [0.1, 0.15) is 39.0 Å². The molecule has 1 amide bonds. The highest BCUT2D eigenvalue weighted by Gasteiger charge is 2.53. The maximum absolute atomic E-state index is 12.1. The van der Waals surface area contributed by atoms with Gasteiger partial charge in [0.25, 0.3) is 0 Å². The fraction of sp³-hybridized carbons (Fsp3) is 0.750. The molecule has 0 radical (unpaired) electrons. The molecule has 0 aromatic carbocycles. The zero-order chi connectivity index (χ0) is 14.8. The van der Waals surface area contributed by atoms with Gasteiger partial charge in [0.1, 0.15) is 5.54 Å². The van der Waals surface area contributed by atoms with Crippen molar-refractivity contribution < 1.29 is 9.53 Å². The van der Waals surface area contributed by atoms with E-state index >= 15 is 0 Å². The van der Waals surface area contributed by atoms with Gasteiger partial charge in [0, 0.05) is 13.0 Å². The molecule has 4 nitrogen and oxygen atoms in total. The van der Waals surface area contributed by atoms with Gasteiger partial charge in [-0.15, -0.1) is 6.42 Å². The molecular formula is C16H22N2O2. The van der Waals surface area contributed by atoms with Gasteiger partial charge < -0.3 is 4.74 Å². The van der Waals surface area contributed by atoms with E-state index in [1.165, 1.54) is 7.11 Å². The lowest BCUT2D eigenvalue weighted by atomic mass is 9.59. The van der Waals surface area contributed by atoms with E-state index < -0.39 is 5.54 Å². The van der Waals surface area contributed by atoms with Crippen molar-refractivity contribution in [1.29, 1.82) is 5.26 Å². The highest BCUT2D eigenvalue weighted by Crippen LogP contribution is 2.49. The van der Waals surface area contributed by atoms with Gasteiger partial charge in [0.05, 0.1) is 13.2 Å². The maximum Gasteiger partial charge on any atom is 0.410 e.